The highest BCUT2D eigenvalue weighted by Gasteiger charge is 2.26. The number of amides is 1. The molecule has 0 saturated heterocycles. The van der Waals surface area contributed by atoms with Crippen LogP contribution >= 0.6 is 11.8 Å². The Morgan fingerprint density at radius 1 is 0.967 bits per heavy atom. The first kappa shape index (κ1) is 23.7. The van der Waals surface area contributed by atoms with E-state index in [-0.39, 0.29) is 17.4 Å². The van der Waals surface area contributed by atoms with Gasteiger partial charge >= 0.3 is 5.97 Å². The molecule has 1 amide bonds. The third-order valence-corrected chi connectivity index (χ3v) is 5.99. The zero-order chi connectivity index (χ0) is 21.9. The van der Waals surface area contributed by atoms with E-state index in [9.17, 15) is 19.5 Å². The van der Waals surface area contributed by atoms with E-state index >= 15 is 0 Å². The van der Waals surface area contributed by atoms with E-state index in [1.54, 1.807) is 6.92 Å². The van der Waals surface area contributed by atoms with Crippen LogP contribution in [0, 0.1) is 0 Å². The molecule has 30 heavy (non-hydrogen) atoms. The Morgan fingerprint density at radius 2 is 1.60 bits per heavy atom. The Balaban J connectivity index is 1.93. The Kier molecular flexibility index (Phi) is 9.61. The minimum absolute atomic E-state index is 0.173. The van der Waals surface area contributed by atoms with Crippen LogP contribution in [0.5, 0.6) is 0 Å². The molecule has 0 aliphatic rings. The number of hydrogen-bond acceptors (Lipinski definition) is 4. The average Bonchev–Trinajstić information content (AvgIpc) is 2.74. The summed E-state index contributed by atoms with van der Waals surface area (Å²) in [5.41, 5.74) is 2.99. The molecule has 160 valence electrons. The second-order valence-corrected chi connectivity index (χ2v) is 8.48. The van der Waals surface area contributed by atoms with Gasteiger partial charge in [-0.25, -0.2) is 0 Å². The Bertz CT molecular complexity index is 836. The molecule has 0 bridgehead atoms. The summed E-state index contributed by atoms with van der Waals surface area (Å²) in [5, 5.41) is 11.0. The van der Waals surface area contributed by atoms with Crippen molar-refractivity contribution >= 4 is 28.8 Å². The topological polar surface area (TPSA) is 83.5 Å². The number of unbranched alkanes of at least 4 members (excludes halogenated alkanes) is 2. The van der Waals surface area contributed by atoms with Crippen LogP contribution in [0.4, 0.5) is 0 Å². The van der Waals surface area contributed by atoms with E-state index in [0.29, 0.717) is 6.42 Å². The lowest BCUT2D eigenvalue weighted by Gasteiger charge is -2.16. The van der Waals surface area contributed by atoms with Gasteiger partial charge in [0, 0.05) is 6.42 Å². The molecule has 0 aromatic heterocycles. The van der Waals surface area contributed by atoms with Crippen molar-refractivity contribution in [2.24, 2.45) is 0 Å². The van der Waals surface area contributed by atoms with Gasteiger partial charge in [0.15, 0.2) is 0 Å². The van der Waals surface area contributed by atoms with Crippen molar-refractivity contribution in [1.29, 1.82) is 0 Å². The number of carbonyl (C=O) groups excluding carboxylic acids is 2. The van der Waals surface area contributed by atoms with Crippen LogP contribution < -0.4 is 5.32 Å². The summed E-state index contributed by atoms with van der Waals surface area (Å²) >= 11 is 0.773. The van der Waals surface area contributed by atoms with Crippen molar-refractivity contribution in [3.63, 3.8) is 0 Å². The van der Waals surface area contributed by atoms with Gasteiger partial charge in [0.1, 0.15) is 5.25 Å². The normalized spacial score (nSPS) is 12.7. The summed E-state index contributed by atoms with van der Waals surface area (Å²) in [6, 6.07) is 16.9. The van der Waals surface area contributed by atoms with Gasteiger partial charge in [0.05, 0.1) is 6.04 Å². The first-order valence-electron chi connectivity index (χ1n) is 10.3. The molecule has 0 unspecified atom stereocenters. The predicted molar refractivity (Wildman–Crippen MR) is 121 cm³/mol. The Labute approximate surface area is 182 Å². The van der Waals surface area contributed by atoms with Crippen molar-refractivity contribution in [3.05, 3.63) is 60.2 Å². The van der Waals surface area contributed by atoms with Crippen LogP contribution in [0.3, 0.4) is 0 Å². The molecular weight excluding hydrogens is 398 g/mol. The fourth-order valence-electron chi connectivity index (χ4n) is 3.01. The first-order valence-corrected chi connectivity index (χ1v) is 11.2. The predicted octanol–water partition coefficient (Wildman–Crippen LogP) is 4.69. The van der Waals surface area contributed by atoms with Gasteiger partial charge in [-0.1, -0.05) is 86.1 Å². The number of rotatable bonds is 11. The fourth-order valence-corrected chi connectivity index (χ4v) is 3.93. The number of nitrogens with one attached hydrogen (secondary N) is 1. The number of thioether (sulfide) groups is 1. The number of carboxylic acids is 1. The summed E-state index contributed by atoms with van der Waals surface area (Å²) in [4.78, 5) is 36.0. The minimum atomic E-state index is -1.04. The number of carboxylic acid groups (broad SMARTS) is 1. The summed E-state index contributed by atoms with van der Waals surface area (Å²) < 4.78 is 0. The van der Waals surface area contributed by atoms with Crippen LogP contribution in [0.15, 0.2) is 54.6 Å². The largest absolute Gasteiger partial charge is 0.480 e. The number of aliphatic carboxylic acids is 1. The molecule has 6 heteroatoms. The second-order valence-electron chi connectivity index (χ2n) is 7.28. The molecule has 0 spiro atoms. The molecule has 0 heterocycles. The van der Waals surface area contributed by atoms with Crippen LogP contribution in [0.2, 0.25) is 0 Å². The fraction of sp³-hybridized carbons (Fsp3) is 0.375. The second kappa shape index (κ2) is 12.2. The summed E-state index contributed by atoms with van der Waals surface area (Å²) in [6.07, 6.45) is 3.39. The SMILES string of the molecule is CCCCCC(=O)N[C@H](C)C(=O)S[C@H](Cc1ccc(-c2ccccc2)cc1)C(=O)O. The molecule has 0 fully saturated rings. The summed E-state index contributed by atoms with van der Waals surface area (Å²) in [5.74, 6) is -1.21. The lowest BCUT2D eigenvalue weighted by atomic mass is 10.0. The molecule has 2 aromatic rings. The van der Waals surface area contributed by atoms with E-state index in [2.05, 4.69) is 12.2 Å². The highest BCUT2D eigenvalue weighted by molar-refractivity contribution is 8.14. The van der Waals surface area contributed by atoms with Crippen molar-refractivity contribution in [2.75, 3.05) is 0 Å². The van der Waals surface area contributed by atoms with Crippen molar-refractivity contribution < 1.29 is 19.5 Å². The van der Waals surface area contributed by atoms with Gasteiger partial charge in [-0.15, -0.1) is 0 Å². The molecule has 2 N–H and O–H groups in total. The maximum absolute atomic E-state index is 12.4. The third kappa shape index (κ3) is 7.67. The van der Waals surface area contributed by atoms with Gasteiger partial charge in [0.2, 0.25) is 11.0 Å². The molecular formula is C24H29NO4S. The average molecular weight is 428 g/mol. The minimum Gasteiger partial charge on any atom is -0.480 e. The van der Waals surface area contributed by atoms with Crippen molar-refractivity contribution in [2.45, 2.75) is 57.2 Å². The quantitative estimate of drug-likeness (QED) is 0.508. The van der Waals surface area contributed by atoms with Crippen LogP contribution in [0.25, 0.3) is 11.1 Å². The number of benzene rings is 2. The van der Waals surface area contributed by atoms with E-state index in [1.165, 1.54) is 0 Å². The maximum Gasteiger partial charge on any atom is 0.317 e. The van der Waals surface area contributed by atoms with Gasteiger partial charge in [-0.3, -0.25) is 14.4 Å². The monoisotopic (exact) mass is 427 g/mol. The van der Waals surface area contributed by atoms with Gasteiger partial charge in [0.25, 0.3) is 0 Å². The standard InChI is InChI=1S/C24H29NO4S/c1-3-4-6-11-22(26)25-17(2)24(29)30-21(23(27)28)16-18-12-14-20(15-13-18)19-9-7-5-8-10-19/h5,7-10,12-15,17,21H,3-4,6,11,16H2,1-2H3,(H,25,26)(H,27,28)/t17-,21-/m1/s1. The number of carbonyl (C=O) groups is 3. The Morgan fingerprint density at radius 3 is 2.20 bits per heavy atom. The molecule has 0 aliphatic heterocycles. The molecule has 2 aromatic carbocycles. The smallest absolute Gasteiger partial charge is 0.317 e. The van der Waals surface area contributed by atoms with Crippen molar-refractivity contribution in [1.82, 2.24) is 5.32 Å². The molecule has 0 radical (unpaired) electrons. The molecule has 0 saturated carbocycles. The summed E-state index contributed by atoms with van der Waals surface area (Å²) in [6.45, 7) is 3.66. The Hall–Kier alpha value is -2.60. The van der Waals surface area contributed by atoms with Crippen LogP contribution in [-0.4, -0.2) is 33.4 Å². The molecule has 0 aliphatic carbocycles. The van der Waals surface area contributed by atoms with Gasteiger partial charge < -0.3 is 10.4 Å². The first-order chi connectivity index (χ1) is 14.4. The lowest BCUT2D eigenvalue weighted by Crippen LogP contribution is -2.38. The van der Waals surface area contributed by atoms with E-state index in [1.807, 2.05) is 54.6 Å². The van der Waals surface area contributed by atoms with E-state index in [0.717, 1.165) is 47.7 Å². The highest BCUT2D eigenvalue weighted by atomic mass is 32.2. The molecule has 5 nitrogen and oxygen atoms in total. The van der Waals surface area contributed by atoms with Gasteiger partial charge in [-0.05, 0) is 36.5 Å². The van der Waals surface area contributed by atoms with Gasteiger partial charge in [-0.2, -0.15) is 0 Å². The van der Waals surface area contributed by atoms with E-state index in [4.69, 9.17) is 0 Å². The van der Waals surface area contributed by atoms with Crippen LogP contribution in [-0.2, 0) is 20.8 Å². The van der Waals surface area contributed by atoms with E-state index < -0.39 is 17.3 Å². The number of hydrogen-bond donors (Lipinski definition) is 2. The third-order valence-electron chi connectivity index (χ3n) is 4.75. The zero-order valence-corrected chi connectivity index (χ0v) is 18.3. The van der Waals surface area contributed by atoms with Crippen molar-refractivity contribution in [3.8, 4) is 11.1 Å². The van der Waals surface area contributed by atoms with Crippen LogP contribution in [0.1, 0.15) is 45.1 Å². The molecule has 2 rings (SSSR count). The lowest BCUT2D eigenvalue weighted by molar-refractivity contribution is -0.136. The zero-order valence-electron chi connectivity index (χ0n) is 17.5. The maximum atomic E-state index is 12.4. The molecule has 2 atom stereocenters. The summed E-state index contributed by atoms with van der Waals surface area (Å²) in [7, 11) is 0. The highest BCUT2D eigenvalue weighted by Crippen LogP contribution is 2.23.